The van der Waals surface area contributed by atoms with Crippen molar-refractivity contribution in [3.05, 3.63) is 32.5 Å². The first-order chi connectivity index (χ1) is 11.7. The molecule has 1 aromatic rings. The highest BCUT2D eigenvalue weighted by Gasteiger charge is 2.24. The summed E-state index contributed by atoms with van der Waals surface area (Å²) >= 11 is 0. The predicted molar refractivity (Wildman–Crippen MR) is 90.4 cm³/mol. The molecule has 14 heteroatoms. The van der Waals surface area contributed by atoms with Crippen LogP contribution < -0.4 is 4.90 Å². The van der Waals surface area contributed by atoms with Gasteiger partial charge in [-0.3, -0.25) is 24.4 Å². The second-order valence-electron chi connectivity index (χ2n) is 6.06. The summed E-state index contributed by atoms with van der Waals surface area (Å²) in [6.45, 7) is 1.31. The van der Waals surface area contributed by atoms with Crippen LogP contribution in [-0.4, -0.2) is 80.7 Å². The van der Waals surface area contributed by atoms with Crippen LogP contribution in [0.3, 0.4) is 0 Å². The van der Waals surface area contributed by atoms with E-state index in [0.29, 0.717) is 11.0 Å². The lowest BCUT2D eigenvalue weighted by Crippen LogP contribution is -2.41. The van der Waals surface area contributed by atoms with Crippen molar-refractivity contribution >= 4 is 27.6 Å². The van der Waals surface area contributed by atoms with Gasteiger partial charge >= 0.3 is 5.69 Å². The second kappa shape index (κ2) is 9.33. The molecule has 0 spiro atoms. The molecule has 1 aromatic heterocycles. The molecule has 0 saturated carbocycles. The van der Waals surface area contributed by atoms with Crippen molar-refractivity contribution in [3.63, 3.8) is 0 Å². The molecule has 26 heavy (non-hydrogen) atoms. The first kappa shape index (κ1) is 23.6. The summed E-state index contributed by atoms with van der Waals surface area (Å²) in [7, 11) is 4.09. The number of rotatable bonds is 7. The summed E-state index contributed by atoms with van der Waals surface area (Å²) < 4.78 is 31.7. The maximum Gasteiger partial charge on any atom is 0.318 e. The number of nitro groups is 2. The molecule has 0 atom stereocenters. The van der Waals surface area contributed by atoms with Gasteiger partial charge in [-0.15, -0.1) is 0 Å². The standard InChI is InChI=1S/C11H18N5O4.CH4O4S/c1-13(5-6-16(2,3)4)11-10(15(19)20)7-9(8-12-11)14(17)18;1-5-6(2,3)4/h7-8H,5-6H2,1-4H3;1H3,(H,2,3,4)/q+1;/p-1. The molecule has 0 aliphatic carbocycles. The zero-order valence-corrected chi connectivity index (χ0v) is 15.8. The van der Waals surface area contributed by atoms with Gasteiger partial charge in [-0.05, 0) is 0 Å². The fourth-order valence-corrected chi connectivity index (χ4v) is 1.52. The number of pyridine rings is 1. The third-order valence-corrected chi connectivity index (χ3v) is 3.32. The van der Waals surface area contributed by atoms with Crippen molar-refractivity contribution in [2.45, 2.75) is 0 Å². The maximum atomic E-state index is 11.0. The Morgan fingerprint density at radius 3 is 2.08 bits per heavy atom. The monoisotopic (exact) mass is 395 g/mol. The van der Waals surface area contributed by atoms with E-state index in [1.165, 1.54) is 0 Å². The summed E-state index contributed by atoms with van der Waals surface area (Å²) in [5.41, 5.74) is -0.747. The fourth-order valence-electron chi connectivity index (χ4n) is 1.52. The average Bonchev–Trinajstić information content (AvgIpc) is 2.51. The molecule has 0 unspecified atom stereocenters. The molecule has 0 N–H and O–H groups in total. The molecule has 0 bridgehead atoms. The van der Waals surface area contributed by atoms with E-state index in [9.17, 15) is 33.2 Å². The van der Waals surface area contributed by atoms with Gasteiger partial charge in [0.05, 0.1) is 57.3 Å². The Morgan fingerprint density at radius 2 is 1.73 bits per heavy atom. The number of nitrogens with zero attached hydrogens (tertiary/aromatic N) is 5. The normalized spacial score (nSPS) is 11.3. The van der Waals surface area contributed by atoms with Gasteiger partial charge < -0.3 is 13.9 Å². The predicted octanol–water partition coefficient (Wildman–Crippen LogP) is 0.133. The largest absolute Gasteiger partial charge is 0.726 e. The van der Waals surface area contributed by atoms with Crippen LogP contribution in [0.2, 0.25) is 0 Å². The minimum atomic E-state index is -4.41. The van der Waals surface area contributed by atoms with E-state index in [0.717, 1.165) is 25.9 Å². The first-order valence-corrected chi connectivity index (χ1v) is 8.33. The molecule has 1 rings (SSSR count). The number of hydrogen-bond donors (Lipinski definition) is 0. The molecule has 0 radical (unpaired) electrons. The van der Waals surface area contributed by atoms with Crippen LogP contribution in [0.4, 0.5) is 17.2 Å². The fraction of sp³-hybridized carbons (Fsp3) is 0.583. The van der Waals surface area contributed by atoms with Crippen molar-refractivity contribution < 1.29 is 31.5 Å². The van der Waals surface area contributed by atoms with Gasteiger partial charge in [-0.1, -0.05) is 0 Å². The Hall–Kier alpha value is -2.42. The van der Waals surface area contributed by atoms with Crippen LogP contribution in [0.15, 0.2) is 12.3 Å². The third kappa shape index (κ3) is 9.16. The Balaban J connectivity index is 0.000000896. The Bertz CT molecular complexity index is 746. The second-order valence-corrected chi connectivity index (χ2v) is 7.21. The molecule has 148 valence electrons. The highest BCUT2D eigenvalue weighted by atomic mass is 32.3. The summed E-state index contributed by atoms with van der Waals surface area (Å²) in [6, 6.07) is 0.935. The molecular formula is C12H21N5O8S. The molecule has 0 aliphatic heterocycles. The molecule has 1 heterocycles. The van der Waals surface area contributed by atoms with E-state index < -0.39 is 20.2 Å². The summed E-state index contributed by atoms with van der Waals surface area (Å²) in [5.74, 6) is 0.133. The number of quaternary nitrogens is 1. The smallest absolute Gasteiger partial charge is 0.318 e. The SMILES string of the molecule is CN(CC[N+](C)(C)C)c1ncc([N+](=O)[O-])cc1[N+](=O)[O-].COS(=O)(=O)[O-]. The number of likely N-dealkylation sites (N-methyl/N-ethyl adjacent to an activating group) is 2. The van der Waals surface area contributed by atoms with Crippen molar-refractivity contribution in [1.82, 2.24) is 4.98 Å². The lowest BCUT2D eigenvalue weighted by Gasteiger charge is -2.27. The van der Waals surface area contributed by atoms with Crippen LogP contribution in [0.1, 0.15) is 0 Å². The molecule has 0 aliphatic rings. The van der Waals surface area contributed by atoms with Gasteiger partial charge in [-0.25, -0.2) is 13.4 Å². The molecule has 0 amide bonds. The Kier molecular flexibility index (Phi) is 8.46. The van der Waals surface area contributed by atoms with Gasteiger partial charge in [0.1, 0.15) is 6.20 Å². The van der Waals surface area contributed by atoms with Crippen LogP contribution in [0, 0.1) is 20.2 Å². The lowest BCUT2D eigenvalue weighted by molar-refractivity contribution is -0.868. The Morgan fingerprint density at radius 1 is 1.23 bits per heavy atom. The number of aromatic nitrogens is 1. The van der Waals surface area contributed by atoms with Crippen LogP contribution in [0.5, 0.6) is 0 Å². The first-order valence-electron chi connectivity index (χ1n) is 7.00. The van der Waals surface area contributed by atoms with E-state index in [1.54, 1.807) is 11.9 Å². The van der Waals surface area contributed by atoms with E-state index in [1.807, 2.05) is 21.1 Å². The molecule has 0 saturated heterocycles. The van der Waals surface area contributed by atoms with Crippen molar-refractivity contribution in [2.24, 2.45) is 0 Å². The van der Waals surface area contributed by atoms with E-state index in [-0.39, 0.29) is 17.2 Å². The van der Waals surface area contributed by atoms with Crippen LogP contribution >= 0.6 is 0 Å². The zero-order chi connectivity index (χ0) is 20.7. The zero-order valence-electron chi connectivity index (χ0n) is 15.0. The summed E-state index contributed by atoms with van der Waals surface area (Å²) in [4.78, 5) is 25.8. The maximum absolute atomic E-state index is 11.0. The van der Waals surface area contributed by atoms with Crippen LogP contribution in [-0.2, 0) is 14.6 Å². The minimum absolute atomic E-state index is 0.133. The molecule has 0 fully saturated rings. The van der Waals surface area contributed by atoms with E-state index in [4.69, 9.17) is 0 Å². The lowest BCUT2D eigenvalue weighted by atomic mass is 10.3. The van der Waals surface area contributed by atoms with Gasteiger partial charge in [-0.2, -0.15) is 0 Å². The number of anilines is 1. The van der Waals surface area contributed by atoms with Gasteiger partial charge in [0.25, 0.3) is 5.69 Å². The quantitative estimate of drug-likeness (QED) is 0.203. The highest BCUT2D eigenvalue weighted by Crippen LogP contribution is 2.28. The molecule has 13 nitrogen and oxygen atoms in total. The van der Waals surface area contributed by atoms with E-state index >= 15 is 0 Å². The Labute approximate surface area is 150 Å². The topological polar surface area (TPSA) is 169 Å². The average molecular weight is 395 g/mol. The van der Waals surface area contributed by atoms with Gasteiger partial charge in [0.15, 0.2) is 0 Å². The van der Waals surface area contributed by atoms with E-state index in [2.05, 4.69) is 9.17 Å². The summed E-state index contributed by atoms with van der Waals surface area (Å²) in [5, 5.41) is 21.7. The molecule has 0 aromatic carbocycles. The number of hydrogen-bond acceptors (Lipinski definition) is 10. The summed E-state index contributed by atoms with van der Waals surface area (Å²) in [6.07, 6.45) is 1.03. The van der Waals surface area contributed by atoms with Gasteiger partial charge in [0, 0.05) is 7.05 Å². The third-order valence-electron chi connectivity index (χ3n) is 2.91. The van der Waals surface area contributed by atoms with Crippen LogP contribution in [0.25, 0.3) is 0 Å². The van der Waals surface area contributed by atoms with Crippen molar-refractivity contribution in [3.8, 4) is 0 Å². The van der Waals surface area contributed by atoms with Crippen molar-refractivity contribution in [2.75, 3.05) is 53.3 Å². The highest BCUT2D eigenvalue weighted by molar-refractivity contribution is 7.80. The molecular weight excluding hydrogens is 374 g/mol. The van der Waals surface area contributed by atoms with Gasteiger partial charge in [0.2, 0.25) is 16.2 Å². The minimum Gasteiger partial charge on any atom is -0.726 e. The van der Waals surface area contributed by atoms with Crippen molar-refractivity contribution in [1.29, 1.82) is 0 Å².